The summed E-state index contributed by atoms with van der Waals surface area (Å²) in [4.78, 5) is 14.7. The Morgan fingerprint density at radius 1 is 1.32 bits per heavy atom. The van der Waals surface area contributed by atoms with Crippen molar-refractivity contribution in [1.82, 2.24) is 19.7 Å². The summed E-state index contributed by atoms with van der Waals surface area (Å²) in [6.07, 6.45) is 5.85. The Morgan fingerprint density at radius 3 is 2.96 bits per heavy atom. The average molecular weight is 341 g/mol. The number of hydrogen-bond acceptors (Lipinski definition) is 3. The van der Waals surface area contributed by atoms with Crippen molar-refractivity contribution in [2.45, 2.75) is 52.0 Å². The Kier molecular flexibility index (Phi) is 5.68. The highest BCUT2D eigenvalue weighted by Gasteiger charge is 2.28. The highest BCUT2D eigenvalue weighted by Crippen LogP contribution is 2.26. The Labute approximate surface area is 149 Å². The molecule has 1 fully saturated rings. The molecular formula is C19H27N5O. The summed E-state index contributed by atoms with van der Waals surface area (Å²) in [5.74, 6) is 1.25. The number of anilines is 1. The second-order valence-corrected chi connectivity index (χ2v) is 6.60. The molecule has 0 bridgehead atoms. The molecule has 0 spiro atoms. The van der Waals surface area contributed by atoms with Crippen molar-refractivity contribution < 1.29 is 4.79 Å². The van der Waals surface area contributed by atoms with E-state index in [9.17, 15) is 4.79 Å². The van der Waals surface area contributed by atoms with Crippen LogP contribution in [0.2, 0.25) is 0 Å². The summed E-state index contributed by atoms with van der Waals surface area (Å²) < 4.78 is 2.07. The highest BCUT2D eigenvalue weighted by atomic mass is 16.2. The smallest absolute Gasteiger partial charge is 0.321 e. The summed E-state index contributed by atoms with van der Waals surface area (Å²) >= 11 is 0. The Morgan fingerprint density at radius 2 is 2.16 bits per heavy atom. The first-order valence-corrected chi connectivity index (χ1v) is 9.24. The molecule has 2 amide bonds. The minimum absolute atomic E-state index is 0.0178. The zero-order chi connectivity index (χ0) is 17.6. The van der Waals surface area contributed by atoms with Gasteiger partial charge in [-0.25, -0.2) is 4.79 Å². The number of rotatable bonds is 5. The van der Waals surface area contributed by atoms with E-state index >= 15 is 0 Å². The van der Waals surface area contributed by atoms with Crippen LogP contribution in [0, 0.1) is 0 Å². The average Bonchev–Trinajstić information content (AvgIpc) is 3.12. The van der Waals surface area contributed by atoms with Crippen molar-refractivity contribution in [3.8, 4) is 0 Å². The lowest BCUT2D eigenvalue weighted by atomic mass is 9.97. The van der Waals surface area contributed by atoms with Crippen LogP contribution in [0.3, 0.4) is 0 Å². The van der Waals surface area contributed by atoms with Crippen molar-refractivity contribution in [3.63, 3.8) is 0 Å². The number of aromatic nitrogens is 3. The molecule has 1 aliphatic heterocycles. The number of carbonyl (C=O) groups is 1. The lowest BCUT2D eigenvalue weighted by molar-refractivity contribution is 0.190. The van der Waals surface area contributed by atoms with Crippen molar-refractivity contribution in [3.05, 3.63) is 42.0 Å². The first kappa shape index (κ1) is 17.5. The number of nitrogens with zero attached hydrogens (tertiary/aromatic N) is 4. The van der Waals surface area contributed by atoms with Crippen LogP contribution in [0.15, 0.2) is 30.6 Å². The monoisotopic (exact) mass is 341 g/mol. The molecule has 1 unspecified atom stereocenters. The van der Waals surface area contributed by atoms with Crippen LogP contribution in [0.1, 0.15) is 50.4 Å². The van der Waals surface area contributed by atoms with Gasteiger partial charge in [0.05, 0.1) is 0 Å². The Hall–Kier alpha value is -2.37. The lowest BCUT2D eigenvalue weighted by Crippen LogP contribution is -2.42. The van der Waals surface area contributed by atoms with Gasteiger partial charge in [0.25, 0.3) is 0 Å². The molecule has 0 saturated carbocycles. The molecule has 0 aliphatic carbocycles. The van der Waals surface area contributed by atoms with E-state index in [1.807, 2.05) is 23.1 Å². The summed E-state index contributed by atoms with van der Waals surface area (Å²) in [6, 6.07) is 8.04. The lowest BCUT2D eigenvalue weighted by Gasteiger charge is -2.32. The van der Waals surface area contributed by atoms with Gasteiger partial charge in [0.1, 0.15) is 12.2 Å². The first-order valence-electron chi connectivity index (χ1n) is 9.24. The number of aryl methyl sites for hydroxylation is 2. The maximum atomic E-state index is 12.8. The fourth-order valence-corrected chi connectivity index (χ4v) is 3.52. The third-order valence-corrected chi connectivity index (χ3v) is 4.84. The third-order valence-electron chi connectivity index (χ3n) is 4.84. The van der Waals surface area contributed by atoms with E-state index in [0.717, 1.165) is 50.3 Å². The molecule has 25 heavy (non-hydrogen) atoms. The van der Waals surface area contributed by atoms with Gasteiger partial charge in [-0.1, -0.05) is 31.5 Å². The van der Waals surface area contributed by atoms with Gasteiger partial charge >= 0.3 is 6.03 Å². The van der Waals surface area contributed by atoms with Gasteiger partial charge in [-0.3, -0.25) is 0 Å². The van der Waals surface area contributed by atoms with E-state index in [0.29, 0.717) is 6.54 Å². The number of benzene rings is 1. The van der Waals surface area contributed by atoms with Crippen LogP contribution >= 0.6 is 0 Å². The van der Waals surface area contributed by atoms with Gasteiger partial charge in [-0.15, -0.1) is 10.2 Å². The van der Waals surface area contributed by atoms with Crippen LogP contribution in [-0.4, -0.2) is 38.8 Å². The molecular weight excluding hydrogens is 314 g/mol. The largest absolute Gasteiger partial charge is 0.324 e. The molecule has 2 heterocycles. The fourth-order valence-electron chi connectivity index (χ4n) is 3.52. The molecule has 1 saturated heterocycles. The molecule has 6 nitrogen and oxygen atoms in total. The van der Waals surface area contributed by atoms with Gasteiger partial charge in [0.15, 0.2) is 0 Å². The normalized spacial score (nSPS) is 17.5. The van der Waals surface area contributed by atoms with Gasteiger partial charge in [0, 0.05) is 31.2 Å². The van der Waals surface area contributed by atoms with Crippen molar-refractivity contribution >= 4 is 11.7 Å². The number of urea groups is 1. The van der Waals surface area contributed by atoms with Crippen molar-refractivity contribution in [2.24, 2.45) is 0 Å². The number of piperidine rings is 1. The molecule has 3 rings (SSSR count). The maximum absolute atomic E-state index is 12.8. The number of carbonyl (C=O) groups excluding carboxylic acids is 1. The quantitative estimate of drug-likeness (QED) is 0.902. The predicted molar refractivity (Wildman–Crippen MR) is 98.7 cm³/mol. The SMILES string of the molecule is CCCc1ccccc1NC(=O)N1CCCC(c2nncn2CC)C1. The van der Waals surface area contributed by atoms with Crippen LogP contribution in [-0.2, 0) is 13.0 Å². The predicted octanol–water partition coefficient (Wildman–Crippen LogP) is 3.66. The van der Waals surface area contributed by atoms with Crippen LogP contribution < -0.4 is 5.32 Å². The fraction of sp³-hybridized carbons (Fsp3) is 0.526. The minimum Gasteiger partial charge on any atom is -0.324 e. The molecule has 1 atom stereocenters. The van der Waals surface area contributed by atoms with Crippen molar-refractivity contribution in [2.75, 3.05) is 18.4 Å². The summed E-state index contributed by atoms with van der Waals surface area (Å²) in [7, 11) is 0. The van der Waals surface area contributed by atoms with E-state index in [1.165, 1.54) is 5.56 Å². The Balaban J connectivity index is 1.68. The number of hydrogen-bond donors (Lipinski definition) is 1. The van der Waals surface area contributed by atoms with Gasteiger partial charge in [-0.2, -0.15) is 0 Å². The van der Waals surface area contributed by atoms with Crippen LogP contribution in [0.25, 0.3) is 0 Å². The zero-order valence-corrected chi connectivity index (χ0v) is 15.1. The van der Waals surface area contributed by atoms with Gasteiger partial charge in [-0.05, 0) is 37.8 Å². The Bertz CT molecular complexity index is 711. The molecule has 134 valence electrons. The topological polar surface area (TPSA) is 63.1 Å². The van der Waals surface area contributed by atoms with E-state index in [-0.39, 0.29) is 11.9 Å². The highest BCUT2D eigenvalue weighted by molar-refractivity contribution is 5.90. The second kappa shape index (κ2) is 8.14. The van der Waals surface area contributed by atoms with Crippen LogP contribution in [0.5, 0.6) is 0 Å². The molecule has 6 heteroatoms. The maximum Gasteiger partial charge on any atom is 0.321 e. The van der Waals surface area contributed by atoms with E-state index in [1.54, 1.807) is 6.33 Å². The number of nitrogens with one attached hydrogen (secondary N) is 1. The standard InChI is InChI=1S/C19H27N5O/c1-3-8-15-9-5-6-11-17(15)21-19(25)24-12-7-10-16(13-24)18-22-20-14-23(18)4-2/h5-6,9,11,14,16H,3-4,7-8,10,12-13H2,1-2H3,(H,21,25). The van der Waals surface area contributed by atoms with Gasteiger partial charge < -0.3 is 14.8 Å². The van der Waals surface area contributed by atoms with E-state index in [2.05, 4.69) is 40.0 Å². The first-order chi connectivity index (χ1) is 12.2. The zero-order valence-electron chi connectivity index (χ0n) is 15.1. The summed E-state index contributed by atoms with van der Waals surface area (Å²) in [6.45, 7) is 6.58. The van der Waals surface area contributed by atoms with Gasteiger partial charge in [0.2, 0.25) is 0 Å². The van der Waals surface area contributed by atoms with Crippen LogP contribution in [0.4, 0.5) is 10.5 Å². The van der Waals surface area contributed by atoms with Crippen molar-refractivity contribution in [1.29, 1.82) is 0 Å². The number of likely N-dealkylation sites (tertiary alicyclic amines) is 1. The summed E-state index contributed by atoms with van der Waals surface area (Å²) in [5.41, 5.74) is 2.12. The minimum atomic E-state index is -0.0178. The van der Waals surface area contributed by atoms with E-state index < -0.39 is 0 Å². The molecule has 1 aromatic carbocycles. The second-order valence-electron chi connectivity index (χ2n) is 6.60. The molecule has 0 radical (unpaired) electrons. The molecule has 1 aromatic heterocycles. The number of para-hydroxylation sites is 1. The molecule has 2 aromatic rings. The molecule has 1 aliphatic rings. The summed E-state index contributed by atoms with van der Waals surface area (Å²) in [5, 5.41) is 11.4. The number of amides is 2. The molecule has 1 N–H and O–H groups in total. The third kappa shape index (κ3) is 4.00. The van der Waals surface area contributed by atoms with E-state index in [4.69, 9.17) is 0 Å².